The van der Waals surface area contributed by atoms with E-state index in [0.29, 0.717) is 11.3 Å². The number of hydrogen-bond donors (Lipinski definition) is 3. The summed E-state index contributed by atoms with van der Waals surface area (Å²) in [5, 5.41) is 9.23. The van der Waals surface area contributed by atoms with Crippen LogP contribution in [0.25, 0.3) is 6.08 Å². The van der Waals surface area contributed by atoms with Gasteiger partial charge in [-0.1, -0.05) is 48.5 Å². The van der Waals surface area contributed by atoms with E-state index in [9.17, 15) is 19.5 Å². The average Bonchev–Trinajstić information content (AvgIpc) is 3.00. The molecule has 1 heterocycles. The maximum absolute atomic E-state index is 12.6. The van der Waals surface area contributed by atoms with E-state index in [4.69, 9.17) is 0 Å². The number of aliphatic hydroxyl groups is 1. The van der Waals surface area contributed by atoms with Gasteiger partial charge in [-0.2, -0.15) is 0 Å². The summed E-state index contributed by atoms with van der Waals surface area (Å²) in [6.45, 7) is -0.186. The molecule has 144 valence electrons. The molecule has 3 amide bonds. The number of amides is 3. The molecule has 2 aromatic carbocycles. The summed E-state index contributed by atoms with van der Waals surface area (Å²) >= 11 is 0. The first-order chi connectivity index (χ1) is 13.6. The van der Waals surface area contributed by atoms with Crippen LogP contribution in [0.3, 0.4) is 0 Å². The molecule has 1 atom stereocenters. The van der Waals surface area contributed by atoms with Crippen LogP contribution in [0.15, 0.2) is 66.2 Å². The van der Waals surface area contributed by atoms with Crippen molar-refractivity contribution in [1.29, 1.82) is 0 Å². The number of nitrogens with zero attached hydrogens (tertiary/aromatic N) is 1. The quantitative estimate of drug-likeness (QED) is 0.384. The van der Waals surface area contributed by atoms with Crippen molar-refractivity contribution in [2.24, 2.45) is 0 Å². The zero-order chi connectivity index (χ0) is 19.9. The molecule has 1 saturated heterocycles. The summed E-state index contributed by atoms with van der Waals surface area (Å²) in [5.41, 5.74) is 6.82. The first kappa shape index (κ1) is 19.5. The molecular weight excluding hydrogens is 358 g/mol. The van der Waals surface area contributed by atoms with Crippen molar-refractivity contribution in [3.8, 4) is 0 Å². The minimum atomic E-state index is -0.844. The number of rotatable bonds is 7. The lowest BCUT2D eigenvalue weighted by Gasteiger charge is -2.16. The summed E-state index contributed by atoms with van der Waals surface area (Å²) in [6, 6.07) is 17.0. The van der Waals surface area contributed by atoms with Gasteiger partial charge in [-0.15, -0.1) is 0 Å². The van der Waals surface area contributed by atoms with Crippen LogP contribution in [-0.2, 0) is 14.4 Å². The summed E-state index contributed by atoms with van der Waals surface area (Å²) in [4.78, 5) is 38.4. The molecule has 1 fully saturated rings. The second-order valence-corrected chi connectivity index (χ2v) is 6.31. The number of benzene rings is 2. The maximum atomic E-state index is 12.6. The number of anilines is 1. The van der Waals surface area contributed by atoms with Gasteiger partial charge in [0.05, 0.1) is 12.1 Å². The van der Waals surface area contributed by atoms with Gasteiger partial charge in [-0.3, -0.25) is 19.8 Å². The minimum absolute atomic E-state index is 0.0499. The van der Waals surface area contributed by atoms with E-state index < -0.39 is 17.9 Å². The van der Waals surface area contributed by atoms with Crippen molar-refractivity contribution in [3.63, 3.8) is 0 Å². The van der Waals surface area contributed by atoms with Gasteiger partial charge in [-0.25, -0.2) is 10.3 Å². The molecule has 3 N–H and O–H groups in total. The average molecular weight is 379 g/mol. The second kappa shape index (κ2) is 9.07. The van der Waals surface area contributed by atoms with Crippen LogP contribution in [0.2, 0.25) is 0 Å². The number of aliphatic hydroxyl groups excluding tert-OH is 1. The minimum Gasteiger partial charge on any atom is -0.396 e. The van der Waals surface area contributed by atoms with Crippen LogP contribution in [-0.4, -0.2) is 35.5 Å². The lowest BCUT2D eigenvalue weighted by Crippen LogP contribution is -2.48. The first-order valence-corrected chi connectivity index (χ1v) is 8.94. The number of carbonyl (C=O) groups excluding carboxylic acids is 3. The SMILES string of the molecule is O=C(NN[C@H]1CC(=O)N(c2ccccc2)C1=O)/C(=C\c1ccccc1)CCO. The van der Waals surface area contributed by atoms with Crippen LogP contribution in [0.5, 0.6) is 0 Å². The Kier molecular flexibility index (Phi) is 6.31. The molecule has 1 aliphatic heterocycles. The highest BCUT2D eigenvalue weighted by molar-refractivity contribution is 6.22. The molecule has 28 heavy (non-hydrogen) atoms. The van der Waals surface area contributed by atoms with Crippen molar-refractivity contribution in [1.82, 2.24) is 10.9 Å². The lowest BCUT2D eigenvalue weighted by atomic mass is 10.1. The fourth-order valence-electron chi connectivity index (χ4n) is 2.95. The van der Waals surface area contributed by atoms with Crippen molar-refractivity contribution in [2.75, 3.05) is 11.5 Å². The van der Waals surface area contributed by atoms with Crippen LogP contribution < -0.4 is 15.8 Å². The first-order valence-electron chi connectivity index (χ1n) is 8.94. The maximum Gasteiger partial charge on any atom is 0.261 e. The molecule has 3 rings (SSSR count). The van der Waals surface area contributed by atoms with Gasteiger partial charge in [0, 0.05) is 18.6 Å². The zero-order valence-corrected chi connectivity index (χ0v) is 15.2. The summed E-state index contributed by atoms with van der Waals surface area (Å²) in [7, 11) is 0. The molecule has 0 radical (unpaired) electrons. The number of nitrogens with one attached hydrogen (secondary N) is 2. The van der Waals surface area contributed by atoms with E-state index in [0.717, 1.165) is 10.5 Å². The molecule has 0 spiro atoms. The van der Waals surface area contributed by atoms with Crippen molar-refractivity contribution in [3.05, 3.63) is 71.8 Å². The monoisotopic (exact) mass is 379 g/mol. The zero-order valence-electron chi connectivity index (χ0n) is 15.2. The van der Waals surface area contributed by atoms with E-state index >= 15 is 0 Å². The Morgan fingerprint density at radius 1 is 1.07 bits per heavy atom. The number of hydrazine groups is 1. The number of imide groups is 1. The molecule has 0 saturated carbocycles. The van der Waals surface area contributed by atoms with E-state index in [-0.39, 0.29) is 25.4 Å². The van der Waals surface area contributed by atoms with Crippen LogP contribution in [0, 0.1) is 0 Å². The smallest absolute Gasteiger partial charge is 0.261 e. The Morgan fingerprint density at radius 2 is 1.71 bits per heavy atom. The highest BCUT2D eigenvalue weighted by Crippen LogP contribution is 2.22. The van der Waals surface area contributed by atoms with Gasteiger partial charge in [0.2, 0.25) is 5.91 Å². The fraction of sp³-hybridized carbons (Fsp3) is 0.190. The third-order valence-electron chi connectivity index (χ3n) is 4.33. The molecule has 7 nitrogen and oxygen atoms in total. The molecule has 7 heteroatoms. The third kappa shape index (κ3) is 4.51. The second-order valence-electron chi connectivity index (χ2n) is 6.31. The Balaban J connectivity index is 1.66. The molecule has 0 aliphatic carbocycles. The van der Waals surface area contributed by atoms with Crippen LogP contribution in [0.4, 0.5) is 5.69 Å². The molecule has 1 aliphatic rings. The Morgan fingerprint density at radius 3 is 2.36 bits per heavy atom. The Hall–Kier alpha value is -3.29. The van der Waals surface area contributed by atoms with Crippen LogP contribution in [0.1, 0.15) is 18.4 Å². The van der Waals surface area contributed by atoms with E-state index in [1.54, 1.807) is 36.4 Å². The normalized spacial score (nSPS) is 17.1. The largest absolute Gasteiger partial charge is 0.396 e. The van der Waals surface area contributed by atoms with Crippen molar-refractivity contribution in [2.45, 2.75) is 18.9 Å². The molecule has 0 bridgehead atoms. The van der Waals surface area contributed by atoms with E-state index in [2.05, 4.69) is 10.9 Å². The fourth-order valence-corrected chi connectivity index (χ4v) is 2.95. The van der Waals surface area contributed by atoms with E-state index in [1.165, 1.54) is 0 Å². The topological polar surface area (TPSA) is 98.7 Å². The lowest BCUT2D eigenvalue weighted by molar-refractivity contribution is -0.121. The molecular formula is C21H21N3O4. The van der Waals surface area contributed by atoms with Gasteiger partial charge in [0.1, 0.15) is 6.04 Å². The van der Waals surface area contributed by atoms with Gasteiger partial charge in [-0.05, 0) is 23.8 Å². The number of hydrogen-bond acceptors (Lipinski definition) is 5. The van der Waals surface area contributed by atoms with Gasteiger partial charge in [0.15, 0.2) is 0 Å². The van der Waals surface area contributed by atoms with Gasteiger partial charge < -0.3 is 5.11 Å². The molecule has 0 aromatic heterocycles. The predicted molar refractivity (Wildman–Crippen MR) is 105 cm³/mol. The number of para-hydroxylation sites is 1. The summed E-state index contributed by atoms with van der Waals surface area (Å²) in [5.74, 6) is -1.22. The van der Waals surface area contributed by atoms with Crippen LogP contribution >= 0.6 is 0 Å². The Bertz CT molecular complexity index is 881. The predicted octanol–water partition coefficient (Wildman–Crippen LogP) is 1.41. The third-order valence-corrected chi connectivity index (χ3v) is 4.33. The highest BCUT2D eigenvalue weighted by atomic mass is 16.3. The molecule has 0 unspecified atom stereocenters. The Labute approximate surface area is 162 Å². The van der Waals surface area contributed by atoms with Gasteiger partial charge in [0.25, 0.3) is 11.8 Å². The number of carbonyl (C=O) groups is 3. The molecule has 2 aromatic rings. The van der Waals surface area contributed by atoms with Gasteiger partial charge >= 0.3 is 0 Å². The standard InChI is InChI=1S/C21H21N3O4/c25-12-11-16(13-15-7-3-1-4-8-15)20(27)23-22-18-14-19(26)24(21(18)28)17-9-5-2-6-10-17/h1-10,13,18,22,25H,11-12,14H2,(H,23,27)/b16-13-/t18-/m0/s1. The summed E-state index contributed by atoms with van der Waals surface area (Å²) < 4.78 is 0. The highest BCUT2D eigenvalue weighted by Gasteiger charge is 2.39. The van der Waals surface area contributed by atoms with Crippen molar-refractivity contribution < 1.29 is 19.5 Å². The summed E-state index contributed by atoms with van der Waals surface area (Å²) in [6.07, 6.45) is 1.78. The van der Waals surface area contributed by atoms with E-state index in [1.807, 2.05) is 30.3 Å². The van der Waals surface area contributed by atoms with Crippen molar-refractivity contribution >= 4 is 29.5 Å².